The summed E-state index contributed by atoms with van der Waals surface area (Å²) < 4.78 is 16.9. The lowest BCUT2D eigenvalue weighted by Crippen LogP contribution is -2.45. The smallest absolute Gasteiger partial charge is 0.312 e. The van der Waals surface area contributed by atoms with Crippen LogP contribution in [0.1, 0.15) is 18.9 Å². The number of hydrogen-bond donors (Lipinski definition) is 0. The molecule has 4 rings (SSSR count). The Morgan fingerprint density at radius 1 is 1.38 bits per heavy atom. The van der Waals surface area contributed by atoms with Gasteiger partial charge in [0, 0.05) is 6.00 Å². The van der Waals surface area contributed by atoms with Gasteiger partial charge in [0.05, 0.1) is 24.7 Å². The Balaban J connectivity index is 1.64. The van der Waals surface area contributed by atoms with E-state index >= 15 is 0 Å². The average molecular weight is 286 g/mol. The predicted molar refractivity (Wildman–Crippen MR) is 77.7 cm³/mol. The van der Waals surface area contributed by atoms with E-state index in [4.69, 9.17) is 22.1 Å². The summed E-state index contributed by atoms with van der Waals surface area (Å²) in [4.78, 5) is 12.4. The molecule has 0 aromatic heterocycles. The maximum absolute atomic E-state index is 12.4. The van der Waals surface area contributed by atoms with Crippen LogP contribution in [0.3, 0.4) is 0 Å². The molecule has 1 aromatic carbocycles. The standard InChI is InChI=1S/C16H19BO4/c1-10-7-12(13-9-19-14(10)15(17)21-13)16(18)20-8-11-5-3-2-4-6-11/h2-6,10,12-15H,7-9H2,1H3/t10?,12?,13?,14?,15-/m1/s1. The highest BCUT2D eigenvalue weighted by Gasteiger charge is 2.44. The first-order chi connectivity index (χ1) is 10.1. The van der Waals surface area contributed by atoms with Crippen molar-refractivity contribution < 1.29 is 19.0 Å². The van der Waals surface area contributed by atoms with Crippen molar-refractivity contribution >= 4 is 13.8 Å². The molecule has 2 bridgehead atoms. The molecule has 0 spiro atoms. The molecule has 4 nitrogen and oxygen atoms in total. The maximum atomic E-state index is 12.4. The molecule has 2 radical (unpaired) electrons. The average Bonchev–Trinajstić information content (AvgIpc) is 2.73. The van der Waals surface area contributed by atoms with Crippen molar-refractivity contribution in [2.24, 2.45) is 11.8 Å². The number of carbonyl (C=O) groups excluding carboxylic acids is 1. The second-order valence-electron chi connectivity index (χ2n) is 5.85. The number of ether oxygens (including phenoxy) is 3. The first-order valence-corrected chi connectivity index (χ1v) is 7.38. The van der Waals surface area contributed by atoms with Crippen LogP contribution in [0.4, 0.5) is 0 Å². The zero-order valence-corrected chi connectivity index (χ0v) is 12.1. The van der Waals surface area contributed by atoms with Crippen molar-refractivity contribution in [3.63, 3.8) is 0 Å². The minimum Gasteiger partial charge on any atom is -0.461 e. The monoisotopic (exact) mass is 286 g/mol. The maximum Gasteiger partial charge on any atom is 0.312 e. The van der Waals surface area contributed by atoms with Crippen LogP contribution in [0.5, 0.6) is 0 Å². The fourth-order valence-corrected chi connectivity index (χ4v) is 3.09. The van der Waals surface area contributed by atoms with E-state index in [9.17, 15) is 4.79 Å². The number of fused-ring (bicyclic) bond motifs is 4. The van der Waals surface area contributed by atoms with Gasteiger partial charge in [-0.1, -0.05) is 37.3 Å². The Morgan fingerprint density at radius 2 is 2.14 bits per heavy atom. The van der Waals surface area contributed by atoms with Crippen molar-refractivity contribution in [3.8, 4) is 0 Å². The molecular weight excluding hydrogens is 267 g/mol. The summed E-state index contributed by atoms with van der Waals surface area (Å²) in [5.41, 5.74) is 0.977. The Morgan fingerprint density at radius 3 is 2.86 bits per heavy atom. The Kier molecular flexibility index (Phi) is 4.31. The molecule has 3 aliphatic rings. The molecule has 0 amide bonds. The number of carbonyl (C=O) groups is 1. The van der Waals surface area contributed by atoms with Gasteiger partial charge >= 0.3 is 5.97 Å². The van der Waals surface area contributed by atoms with Crippen molar-refractivity contribution in [2.75, 3.05) is 6.61 Å². The molecule has 0 aliphatic carbocycles. The predicted octanol–water partition coefficient (Wildman–Crippen LogP) is 1.66. The van der Waals surface area contributed by atoms with Crippen LogP contribution < -0.4 is 0 Å². The summed E-state index contributed by atoms with van der Waals surface area (Å²) in [7, 11) is 5.94. The van der Waals surface area contributed by atoms with E-state index in [2.05, 4.69) is 0 Å². The van der Waals surface area contributed by atoms with E-state index in [1.165, 1.54) is 0 Å². The molecule has 1 aromatic rings. The molecule has 0 saturated carbocycles. The van der Waals surface area contributed by atoms with Crippen LogP contribution in [-0.4, -0.2) is 38.6 Å². The molecule has 0 N–H and O–H groups in total. The van der Waals surface area contributed by atoms with Gasteiger partial charge in [-0.15, -0.1) is 0 Å². The molecule has 3 saturated heterocycles. The van der Waals surface area contributed by atoms with E-state index in [1.807, 2.05) is 37.3 Å². The lowest BCUT2D eigenvalue weighted by atomic mass is 9.84. The zero-order chi connectivity index (χ0) is 14.8. The lowest BCUT2D eigenvalue weighted by molar-refractivity contribution is -0.174. The molecule has 21 heavy (non-hydrogen) atoms. The number of benzene rings is 1. The molecule has 3 fully saturated rings. The Bertz CT molecular complexity index is 492. The highest BCUT2D eigenvalue weighted by atomic mass is 16.6. The number of hydrogen-bond acceptors (Lipinski definition) is 4. The number of rotatable bonds is 3. The second-order valence-corrected chi connectivity index (χ2v) is 5.85. The summed E-state index contributed by atoms with van der Waals surface area (Å²) in [6.45, 7) is 2.74. The van der Waals surface area contributed by atoms with Gasteiger partial charge in [-0.05, 0) is 17.9 Å². The van der Waals surface area contributed by atoms with Gasteiger partial charge in [0.15, 0.2) is 0 Å². The van der Waals surface area contributed by atoms with Gasteiger partial charge in [0.2, 0.25) is 0 Å². The van der Waals surface area contributed by atoms with Crippen LogP contribution in [0.15, 0.2) is 30.3 Å². The summed E-state index contributed by atoms with van der Waals surface area (Å²) in [5, 5.41) is 0. The zero-order valence-electron chi connectivity index (χ0n) is 12.1. The molecule has 5 atom stereocenters. The fraction of sp³-hybridized carbons (Fsp3) is 0.562. The molecular formula is C16H19BO4. The Labute approximate surface area is 126 Å². The lowest BCUT2D eigenvalue weighted by Gasteiger charge is -2.34. The van der Waals surface area contributed by atoms with Crippen molar-refractivity contribution in [1.82, 2.24) is 0 Å². The minimum atomic E-state index is -0.453. The topological polar surface area (TPSA) is 44.8 Å². The van der Waals surface area contributed by atoms with Crippen molar-refractivity contribution in [2.45, 2.75) is 38.2 Å². The second kappa shape index (κ2) is 6.20. The quantitative estimate of drug-likeness (QED) is 0.626. The van der Waals surface area contributed by atoms with E-state index in [0.29, 0.717) is 13.0 Å². The highest BCUT2D eigenvalue weighted by Crippen LogP contribution is 2.35. The molecule has 3 heterocycles. The van der Waals surface area contributed by atoms with Crippen LogP contribution >= 0.6 is 0 Å². The normalized spacial score (nSPS) is 35.2. The Hall–Kier alpha value is -1.33. The van der Waals surface area contributed by atoms with Gasteiger partial charge < -0.3 is 14.2 Å². The largest absolute Gasteiger partial charge is 0.461 e. The molecule has 5 heteroatoms. The first kappa shape index (κ1) is 14.6. The van der Waals surface area contributed by atoms with Crippen molar-refractivity contribution in [3.05, 3.63) is 35.9 Å². The third kappa shape index (κ3) is 3.14. The van der Waals surface area contributed by atoms with Gasteiger partial charge in [-0.3, -0.25) is 4.79 Å². The summed E-state index contributed by atoms with van der Waals surface area (Å²) in [5.74, 6) is -0.349. The van der Waals surface area contributed by atoms with Gasteiger partial charge in [0.1, 0.15) is 14.5 Å². The molecule has 3 aliphatic heterocycles. The van der Waals surface area contributed by atoms with Crippen LogP contribution in [0, 0.1) is 11.8 Å². The third-order valence-corrected chi connectivity index (χ3v) is 4.27. The summed E-state index contributed by atoms with van der Waals surface area (Å²) in [6, 6.07) is 9.20. The molecule has 4 unspecified atom stereocenters. The summed E-state index contributed by atoms with van der Waals surface area (Å²) >= 11 is 0. The highest BCUT2D eigenvalue weighted by molar-refractivity contribution is 6.11. The first-order valence-electron chi connectivity index (χ1n) is 7.38. The fourth-order valence-electron chi connectivity index (χ4n) is 3.09. The SMILES string of the molecule is [B][C@@H]1OC2COC1C(C)CC2C(=O)OCc1ccccc1. The summed E-state index contributed by atoms with van der Waals surface area (Å²) in [6.07, 6.45) is 0.258. The number of esters is 1. The van der Waals surface area contributed by atoms with Gasteiger partial charge in [-0.2, -0.15) is 0 Å². The van der Waals surface area contributed by atoms with Gasteiger partial charge in [-0.25, -0.2) is 0 Å². The third-order valence-electron chi connectivity index (χ3n) is 4.27. The van der Waals surface area contributed by atoms with Crippen LogP contribution in [0.25, 0.3) is 0 Å². The van der Waals surface area contributed by atoms with Gasteiger partial charge in [0.25, 0.3) is 0 Å². The van der Waals surface area contributed by atoms with Crippen LogP contribution in [-0.2, 0) is 25.6 Å². The van der Waals surface area contributed by atoms with E-state index in [0.717, 1.165) is 5.56 Å². The molecule has 110 valence electrons. The van der Waals surface area contributed by atoms with E-state index in [1.54, 1.807) is 0 Å². The van der Waals surface area contributed by atoms with E-state index in [-0.39, 0.29) is 36.6 Å². The minimum absolute atomic E-state index is 0.131. The van der Waals surface area contributed by atoms with Crippen LogP contribution in [0.2, 0.25) is 0 Å². The van der Waals surface area contributed by atoms with E-state index < -0.39 is 6.00 Å². The van der Waals surface area contributed by atoms with Crippen molar-refractivity contribution in [1.29, 1.82) is 0 Å².